The molecule has 0 spiro atoms. The van der Waals surface area contributed by atoms with Gasteiger partial charge in [0, 0.05) is 18.9 Å². The summed E-state index contributed by atoms with van der Waals surface area (Å²) >= 11 is 0. The van der Waals surface area contributed by atoms with E-state index < -0.39 is 0 Å². The zero-order valence-corrected chi connectivity index (χ0v) is 9.52. The Morgan fingerprint density at radius 3 is 2.71 bits per heavy atom. The molecule has 0 saturated carbocycles. The lowest BCUT2D eigenvalue weighted by Gasteiger charge is -2.07. The molecule has 0 fully saturated rings. The van der Waals surface area contributed by atoms with Gasteiger partial charge in [0.1, 0.15) is 6.33 Å². The van der Waals surface area contributed by atoms with Gasteiger partial charge in [-0.2, -0.15) is 0 Å². The highest BCUT2D eigenvalue weighted by molar-refractivity contribution is 5.38. The fourth-order valence-corrected chi connectivity index (χ4v) is 1.46. The largest absolute Gasteiger partial charge is 0.363 e. The van der Waals surface area contributed by atoms with Crippen molar-refractivity contribution in [2.24, 2.45) is 0 Å². The van der Waals surface area contributed by atoms with Crippen LogP contribution in [0, 0.1) is 5.82 Å². The van der Waals surface area contributed by atoms with Gasteiger partial charge in [0.2, 0.25) is 0 Å². The monoisotopic (exact) mass is 232 g/mol. The maximum atomic E-state index is 13.8. The molecule has 4 nitrogen and oxygen atoms in total. The van der Waals surface area contributed by atoms with Crippen LogP contribution in [0.3, 0.4) is 0 Å². The molecule has 0 aromatic carbocycles. The number of halogens is 1. The van der Waals surface area contributed by atoms with Gasteiger partial charge in [-0.05, 0) is 24.1 Å². The lowest BCUT2D eigenvalue weighted by molar-refractivity contribution is 0.596. The Morgan fingerprint density at radius 2 is 2.00 bits per heavy atom. The number of hydrogen-bond acceptors (Lipinski definition) is 4. The van der Waals surface area contributed by atoms with Gasteiger partial charge in [0.15, 0.2) is 11.6 Å². The normalized spacial score (nSPS) is 10.2. The van der Waals surface area contributed by atoms with Crippen molar-refractivity contribution in [1.29, 1.82) is 0 Å². The van der Waals surface area contributed by atoms with E-state index in [2.05, 4.69) is 20.3 Å². The molecule has 0 aliphatic heterocycles. The van der Waals surface area contributed by atoms with E-state index in [1.165, 1.54) is 6.33 Å². The number of nitrogens with zero attached hydrogens (tertiary/aromatic N) is 3. The average molecular weight is 232 g/mol. The third-order valence-electron chi connectivity index (χ3n) is 2.41. The molecule has 1 N–H and O–H groups in total. The smallest absolute Gasteiger partial charge is 0.186 e. The Balaban J connectivity index is 2.09. The van der Waals surface area contributed by atoms with Crippen LogP contribution in [-0.2, 0) is 13.0 Å². The molecule has 0 bridgehead atoms. The molecule has 2 heterocycles. The second kappa shape index (κ2) is 5.34. The molecule has 0 unspecified atom stereocenters. The van der Waals surface area contributed by atoms with Crippen molar-refractivity contribution in [2.75, 3.05) is 5.32 Å². The minimum Gasteiger partial charge on any atom is -0.363 e. The van der Waals surface area contributed by atoms with Crippen LogP contribution in [0.5, 0.6) is 0 Å². The molecular weight excluding hydrogens is 219 g/mol. The molecule has 0 saturated heterocycles. The van der Waals surface area contributed by atoms with E-state index in [0.717, 1.165) is 5.56 Å². The van der Waals surface area contributed by atoms with Crippen LogP contribution in [-0.4, -0.2) is 15.0 Å². The molecular formula is C12H13FN4. The van der Waals surface area contributed by atoms with Crippen molar-refractivity contribution >= 4 is 5.82 Å². The summed E-state index contributed by atoms with van der Waals surface area (Å²) < 4.78 is 13.8. The lowest BCUT2D eigenvalue weighted by atomic mass is 10.2. The van der Waals surface area contributed by atoms with Crippen molar-refractivity contribution in [3.63, 3.8) is 0 Å². The van der Waals surface area contributed by atoms with E-state index >= 15 is 0 Å². The maximum absolute atomic E-state index is 13.8. The van der Waals surface area contributed by atoms with Gasteiger partial charge >= 0.3 is 0 Å². The highest BCUT2D eigenvalue weighted by Crippen LogP contribution is 2.14. The summed E-state index contributed by atoms with van der Waals surface area (Å²) in [5.74, 6) is -0.127. The Labute approximate surface area is 99.0 Å². The van der Waals surface area contributed by atoms with E-state index in [1.54, 1.807) is 12.4 Å². The predicted octanol–water partition coefficient (Wildman–Crippen LogP) is 2.19. The van der Waals surface area contributed by atoms with Crippen LogP contribution in [0.4, 0.5) is 10.2 Å². The molecule has 88 valence electrons. The minimum absolute atomic E-state index is 0.244. The van der Waals surface area contributed by atoms with E-state index in [4.69, 9.17) is 0 Å². The van der Waals surface area contributed by atoms with Crippen LogP contribution >= 0.6 is 0 Å². The molecule has 0 aliphatic rings. The zero-order valence-electron chi connectivity index (χ0n) is 9.52. The fraction of sp³-hybridized carbons (Fsp3) is 0.250. The SMILES string of the molecule is CCc1ncnc(NCc2ccncc2)c1F. The van der Waals surface area contributed by atoms with Gasteiger partial charge in [-0.3, -0.25) is 4.98 Å². The highest BCUT2D eigenvalue weighted by Gasteiger charge is 2.08. The van der Waals surface area contributed by atoms with Gasteiger partial charge in [0.05, 0.1) is 5.69 Å². The van der Waals surface area contributed by atoms with Gasteiger partial charge in [-0.25, -0.2) is 14.4 Å². The summed E-state index contributed by atoms with van der Waals surface area (Å²) in [6, 6.07) is 3.74. The third kappa shape index (κ3) is 2.75. The van der Waals surface area contributed by atoms with Crippen molar-refractivity contribution < 1.29 is 4.39 Å². The second-order valence-electron chi connectivity index (χ2n) is 3.55. The van der Waals surface area contributed by atoms with Crippen molar-refractivity contribution in [2.45, 2.75) is 19.9 Å². The molecule has 17 heavy (non-hydrogen) atoms. The van der Waals surface area contributed by atoms with E-state index in [0.29, 0.717) is 18.7 Å². The third-order valence-corrected chi connectivity index (χ3v) is 2.41. The molecule has 0 atom stereocenters. The average Bonchev–Trinajstić information content (AvgIpc) is 2.39. The quantitative estimate of drug-likeness (QED) is 0.877. The molecule has 2 aromatic heterocycles. The molecule has 0 aliphatic carbocycles. The number of aromatic nitrogens is 3. The number of nitrogens with one attached hydrogen (secondary N) is 1. The first-order valence-electron chi connectivity index (χ1n) is 5.43. The van der Waals surface area contributed by atoms with Gasteiger partial charge in [-0.15, -0.1) is 0 Å². The molecule has 2 rings (SSSR count). The second-order valence-corrected chi connectivity index (χ2v) is 3.55. The van der Waals surface area contributed by atoms with Gasteiger partial charge in [0.25, 0.3) is 0 Å². The van der Waals surface area contributed by atoms with Crippen LogP contribution < -0.4 is 5.32 Å². The van der Waals surface area contributed by atoms with Crippen molar-refractivity contribution in [1.82, 2.24) is 15.0 Å². The lowest BCUT2D eigenvalue weighted by Crippen LogP contribution is -2.06. The van der Waals surface area contributed by atoms with Crippen LogP contribution in [0.1, 0.15) is 18.2 Å². The Bertz CT molecular complexity index is 487. The molecule has 5 heteroatoms. The summed E-state index contributed by atoms with van der Waals surface area (Å²) in [5.41, 5.74) is 1.45. The number of hydrogen-bond donors (Lipinski definition) is 1. The summed E-state index contributed by atoms with van der Waals surface area (Å²) in [5, 5.41) is 2.95. The number of rotatable bonds is 4. The number of aryl methyl sites for hydroxylation is 1. The van der Waals surface area contributed by atoms with E-state index in [9.17, 15) is 4.39 Å². The van der Waals surface area contributed by atoms with Crippen LogP contribution in [0.2, 0.25) is 0 Å². The Hall–Kier alpha value is -2.04. The fourth-order valence-electron chi connectivity index (χ4n) is 1.46. The summed E-state index contributed by atoms with van der Waals surface area (Å²) in [4.78, 5) is 11.7. The molecule has 0 amide bonds. The minimum atomic E-state index is -0.371. The summed E-state index contributed by atoms with van der Waals surface area (Å²) in [7, 11) is 0. The Kier molecular flexibility index (Phi) is 3.59. The summed E-state index contributed by atoms with van der Waals surface area (Å²) in [6.07, 6.45) is 5.32. The van der Waals surface area contributed by atoms with Crippen molar-refractivity contribution in [3.05, 3.63) is 47.9 Å². The molecule has 0 radical (unpaired) electrons. The number of pyridine rings is 1. The maximum Gasteiger partial charge on any atom is 0.186 e. The van der Waals surface area contributed by atoms with Crippen LogP contribution in [0.15, 0.2) is 30.9 Å². The van der Waals surface area contributed by atoms with Gasteiger partial charge < -0.3 is 5.32 Å². The molecule has 2 aromatic rings. The predicted molar refractivity (Wildman–Crippen MR) is 62.9 cm³/mol. The highest BCUT2D eigenvalue weighted by atomic mass is 19.1. The number of anilines is 1. The first kappa shape index (κ1) is 11.4. The standard InChI is InChI=1S/C12H13FN4/c1-2-10-11(13)12(17-8-16-10)15-7-9-3-5-14-6-4-9/h3-6,8H,2,7H2,1H3,(H,15,16,17). The first-order valence-corrected chi connectivity index (χ1v) is 5.43. The Morgan fingerprint density at radius 1 is 1.24 bits per heavy atom. The van der Waals surface area contributed by atoms with Crippen LogP contribution in [0.25, 0.3) is 0 Å². The topological polar surface area (TPSA) is 50.7 Å². The summed E-state index contributed by atoms with van der Waals surface area (Å²) in [6.45, 7) is 2.37. The van der Waals surface area contributed by atoms with E-state index in [-0.39, 0.29) is 11.6 Å². The van der Waals surface area contributed by atoms with E-state index in [1.807, 2.05) is 19.1 Å². The van der Waals surface area contributed by atoms with Crippen molar-refractivity contribution in [3.8, 4) is 0 Å². The first-order chi connectivity index (χ1) is 8.31. The van der Waals surface area contributed by atoms with Gasteiger partial charge in [-0.1, -0.05) is 6.92 Å². The zero-order chi connectivity index (χ0) is 12.1.